The molecule has 3 aliphatic rings. The molecule has 2 amide bonds. The van der Waals surface area contributed by atoms with Gasteiger partial charge in [-0.3, -0.25) is 24.6 Å². The third-order valence-corrected chi connectivity index (χ3v) is 11.8. The van der Waals surface area contributed by atoms with Gasteiger partial charge in [-0.1, -0.05) is 24.3 Å². The van der Waals surface area contributed by atoms with Crippen molar-refractivity contribution in [1.82, 2.24) is 29.5 Å². The molecular formula is C35H38F2N8O5S. The molecular weight excluding hydrogens is 682 g/mol. The maximum atomic E-state index is 13.5. The first-order valence-corrected chi connectivity index (χ1v) is 18.4. The van der Waals surface area contributed by atoms with Crippen molar-refractivity contribution in [3.63, 3.8) is 0 Å². The number of nitrogens with zero attached hydrogens (tertiary/aromatic N) is 5. The number of anilines is 2. The molecule has 13 nitrogen and oxygen atoms in total. The van der Waals surface area contributed by atoms with Crippen LogP contribution in [0.5, 0.6) is 0 Å². The predicted molar refractivity (Wildman–Crippen MR) is 186 cm³/mol. The number of carbonyl (C=O) groups is 2. The molecule has 4 aromatic rings. The van der Waals surface area contributed by atoms with Crippen molar-refractivity contribution < 1.29 is 26.8 Å². The molecule has 1 atom stereocenters. The van der Waals surface area contributed by atoms with Crippen molar-refractivity contribution in [2.75, 3.05) is 49.5 Å². The zero-order valence-corrected chi connectivity index (χ0v) is 28.5. The van der Waals surface area contributed by atoms with E-state index in [0.29, 0.717) is 45.3 Å². The molecule has 268 valence electrons. The van der Waals surface area contributed by atoms with Crippen LogP contribution in [-0.4, -0.2) is 89.7 Å². The fourth-order valence-electron chi connectivity index (χ4n) is 6.93. The number of piperazine rings is 1. The Labute approximate surface area is 293 Å². The highest BCUT2D eigenvalue weighted by molar-refractivity contribution is 7.89. The molecule has 2 aromatic carbocycles. The molecule has 16 heteroatoms. The van der Waals surface area contributed by atoms with Crippen LogP contribution < -0.4 is 21.1 Å². The summed E-state index contributed by atoms with van der Waals surface area (Å²) < 4.78 is 54.5. The van der Waals surface area contributed by atoms with E-state index in [-0.39, 0.29) is 45.7 Å². The Kier molecular flexibility index (Phi) is 9.81. The average molecular weight is 721 g/mol. The second-order valence-corrected chi connectivity index (χ2v) is 15.1. The monoisotopic (exact) mass is 720 g/mol. The minimum atomic E-state index is -3.69. The number of imide groups is 1. The van der Waals surface area contributed by atoms with Gasteiger partial charge in [-0.15, -0.1) is 0 Å². The summed E-state index contributed by atoms with van der Waals surface area (Å²) in [5.74, 6) is -0.525. The number of hydrogen-bond acceptors (Lipinski definition) is 10. The lowest BCUT2D eigenvalue weighted by atomic mass is 9.90. The Morgan fingerprint density at radius 3 is 2.27 bits per heavy atom. The van der Waals surface area contributed by atoms with Crippen molar-refractivity contribution in [2.24, 2.45) is 0 Å². The van der Waals surface area contributed by atoms with E-state index < -0.39 is 27.6 Å². The first kappa shape index (κ1) is 34.6. The number of sulfonamides is 1. The zero-order chi connectivity index (χ0) is 35.7. The number of alkyl halides is 2. The molecule has 3 aliphatic heterocycles. The molecule has 3 fully saturated rings. The molecule has 1 unspecified atom stereocenters. The number of halogens is 2. The number of nitrogens with one attached hydrogen (secondary N) is 3. The number of pyridine rings is 1. The number of amides is 2. The van der Waals surface area contributed by atoms with Crippen LogP contribution in [0.1, 0.15) is 54.7 Å². The van der Waals surface area contributed by atoms with E-state index in [1.165, 1.54) is 10.5 Å². The number of benzene rings is 2. The van der Waals surface area contributed by atoms with E-state index in [9.17, 15) is 31.6 Å². The minimum Gasteiger partial charge on any atom is -0.369 e. The Morgan fingerprint density at radius 1 is 0.902 bits per heavy atom. The first-order valence-electron chi connectivity index (χ1n) is 17.0. The molecule has 7 rings (SSSR count). The van der Waals surface area contributed by atoms with Gasteiger partial charge in [0.1, 0.15) is 5.65 Å². The number of rotatable bonds is 9. The molecule has 2 aromatic heterocycles. The van der Waals surface area contributed by atoms with E-state index in [0.717, 1.165) is 49.1 Å². The van der Waals surface area contributed by atoms with E-state index in [2.05, 4.69) is 35.4 Å². The number of H-pyrrole nitrogens is 1. The summed E-state index contributed by atoms with van der Waals surface area (Å²) in [6, 6.07) is 16.0. The number of fused-ring (bicyclic) bond motifs is 1. The van der Waals surface area contributed by atoms with Crippen LogP contribution in [0.2, 0.25) is 0 Å². The van der Waals surface area contributed by atoms with Gasteiger partial charge in [-0.25, -0.2) is 22.2 Å². The number of aromatic amines is 1. The molecule has 3 saturated heterocycles. The topological polar surface area (TPSA) is 161 Å². The number of piperidine rings is 2. The van der Waals surface area contributed by atoms with Crippen LogP contribution in [0.4, 0.5) is 20.4 Å². The molecule has 0 bridgehead atoms. The summed E-state index contributed by atoms with van der Waals surface area (Å²) in [5, 5.41) is 5.88. The van der Waals surface area contributed by atoms with Crippen LogP contribution in [0, 0.1) is 0 Å². The van der Waals surface area contributed by atoms with Gasteiger partial charge in [0.05, 0.1) is 16.4 Å². The Bertz CT molecular complexity index is 2080. The van der Waals surface area contributed by atoms with Gasteiger partial charge in [-0.2, -0.15) is 9.29 Å². The van der Waals surface area contributed by atoms with Gasteiger partial charge < -0.3 is 15.2 Å². The lowest BCUT2D eigenvalue weighted by Gasteiger charge is -2.36. The Morgan fingerprint density at radius 2 is 1.61 bits per heavy atom. The highest BCUT2D eigenvalue weighted by Crippen LogP contribution is 2.28. The van der Waals surface area contributed by atoms with Crippen LogP contribution in [0.25, 0.3) is 11.0 Å². The van der Waals surface area contributed by atoms with Crippen molar-refractivity contribution in [2.45, 2.75) is 55.5 Å². The van der Waals surface area contributed by atoms with E-state index in [1.54, 1.807) is 12.1 Å². The fourth-order valence-corrected chi connectivity index (χ4v) is 8.40. The summed E-state index contributed by atoms with van der Waals surface area (Å²) in [4.78, 5) is 51.4. The van der Waals surface area contributed by atoms with Gasteiger partial charge in [0.25, 0.3) is 12.0 Å². The maximum Gasteiger partial charge on any atom is 0.269 e. The Balaban J connectivity index is 0.882. The third-order valence-electron chi connectivity index (χ3n) is 9.88. The van der Waals surface area contributed by atoms with Crippen LogP contribution in [0.3, 0.4) is 0 Å². The summed E-state index contributed by atoms with van der Waals surface area (Å²) >= 11 is 0. The van der Waals surface area contributed by atoms with Gasteiger partial charge in [0, 0.05) is 75.5 Å². The van der Waals surface area contributed by atoms with Gasteiger partial charge in [0.15, 0.2) is 0 Å². The molecule has 51 heavy (non-hydrogen) atoms. The van der Waals surface area contributed by atoms with Crippen LogP contribution in [-0.2, 0) is 26.2 Å². The molecule has 0 saturated carbocycles. The average Bonchev–Trinajstić information content (AvgIpc) is 3.12. The molecule has 0 radical (unpaired) electrons. The molecule has 3 N–H and O–H groups in total. The second kappa shape index (κ2) is 14.4. The van der Waals surface area contributed by atoms with Crippen molar-refractivity contribution >= 4 is 44.5 Å². The highest BCUT2D eigenvalue weighted by atomic mass is 32.2. The third kappa shape index (κ3) is 7.62. The minimum absolute atomic E-state index is 0.110. The van der Waals surface area contributed by atoms with Gasteiger partial charge in [0.2, 0.25) is 27.8 Å². The summed E-state index contributed by atoms with van der Waals surface area (Å²) in [5.41, 5.74) is 1.64. The lowest BCUT2D eigenvalue weighted by molar-refractivity contribution is -0.134. The van der Waals surface area contributed by atoms with E-state index >= 15 is 0 Å². The van der Waals surface area contributed by atoms with Crippen molar-refractivity contribution in [1.29, 1.82) is 0 Å². The first-order chi connectivity index (χ1) is 24.5. The largest absolute Gasteiger partial charge is 0.369 e. The van der Waals surface area contributed by atoms with Gasteiger partial charge >= 0.3 is 0 Å². The smallest absolute Gasteiger partial charge is 0.269 e. The fraction of sp³-hybridized carbons (Fsp3) is 0.400. The quantitative estimate of drug-likeness (QED) is 0.219. The maximum absolute atomic E-state index is 13.5. The molecule has 0 spiro atoms. The summed E-state index contributed by atoms with van der Waals surface area (Å²) in [7, 11) is -3.69. The summed E-state index contributed by atoms with van der Waals surface area (Å²) in [6.45, 7) is 4.67. The normalized spacial score (nSPS) is 19.8. The van der Waals surface area contributed by atoms with E-state index in [1.807, 2.05) is 36.4 Å². The lowest BCUT2D eigenvalue weighted by Crippen LogP contribution is -2.46. The number of carbonyl (C=O) groups excluding carboxylic acids is 2. The summed E-state index contributed by atoms with van der Waals surface area (Å²) in [6.07, 6.45) is 0.359. The second-order valence-electron chi connectivity index (χ2n) is 13.2. The molecule has 0 aliphatic carbocycles. The predicted octanol–water partition coefficient (Wildman–Crippen LogP) is 3.36. The van der Waals surface area contributed by atoms with Crippen molar-refractivity contribution in [3.05, 3.63) is 87.8 Å². The zero-order valence-electron chi connectivity index (χ0n) is 27.7. The molecule has 5 heterocycles. The Hall–Kier alpha value is -4.80. The van der Waals surface area contributed by atoms with Gasteiger partial charge in [-0.05, 0) is 60.7 Å². The van der Waals surface area contributed by atoms with Crippen LogP contribution >= 0.6 is 0 Å². The number of hydrogen-bond donors (Lipinski definition) is 3. The standard InChI is InChI=1S/C35H38F2N8O5S/c36-31(37)29-19-24-20-38-35(42-32(24)41-34(29)48)39-25-11-13-45(14-12-25)51(49,50)27-7-1-22(2-8-27)21-43-15-17-44(18-16-43)26-5-3-23(4-6-26)28-9-10-30(46)40-33(28)47/h1-8,19-20,25,28,31H,9-18,21H2,(H,40,46,47)(H2,38,39,41,42,48). The van der Waals surface area contributed by atoms with Crippen LogP contribution in [0.15, 0.2) is 70.5 Å². The van der Waals surface area contributed by atoms with Crippen molar-refractivity contribution in [3.8, 4) is 0 Å². The highest BCUT2D eigenvalue weighted by Gasteiger charge is 2.31. The van der Waals surface area contributed by atoms with E-state index in [4.69, 9.17) is 0 Å². The SMILES string of the molecule is O=C1CCC(c2ccc(N3CCN(Cc4ccc(S(=O)(=O)N5CCC(Nc6ncc7cc(C(F)F)c(=O)[nH]c7n6)CC5)cc4)CC3)cc2)C(=O)N1. The number of aromatic nitrogens is 3.